The van der Waals surface area contributed by atoms with Crippen molar-refractivity contribution in [2.75, 3.05) is 26.7 Å². The molecule has 0 unspecified atom stereocenters. The third-order valence-electron chi connectivity index (χ3n) is 6.03. The fourth-order valence-electron chi connectivity index (χ4n) is 4.37. The standard InChI is InChI=1S/C21H31N3O3.ClH/c1-27-19-8-3-2-5-15(19)13-20(25)24-11-9-17(10-12-24)23-21(26)18-7-4-6-16(18)14-22;/h2-3,5,8,16-18H,4,6-7,9-14,22H2,1H3,(H,23,26);1H/t16-,18-;/m1./s1. The topological polar surface area (TPSA) is 84.7 Å². The highest BCUT2D eigenvalue weighted by Crippen LogP contribution is 2.31. The second-order valence-electron chi connectivity index (χ2n) is 7.69. The zero-order valence-corrected chi connectivity index (χ0v) is 17.4. The van der Waals surface area contributed by atoms with Gasteiger partial charge in [-0.05, 0) is 44.2 Å². The van der Waals surface area contributed by atoms with E-state index in [0.717, 1.165) is 43.4 Å². The van der Waals surface area contributed by atoms with E-state index in [1.807, 2.05) is 29.2 Å². The Kier molecular flexibility index (Phi) is 8.58. The van der Waals surface area contributed by atoms with E-state index in [4.69, 9.17) is 10.5 Å². The number of amides is 2. The highest BCUT2D eigenvalue weighted by Gasteiger charge is 2.33. The van der Waals surface area contributed by atoms with Crippen molar-refractivity contribution in [3.63, 3.8) is 0 Å². The highest BCUT2D eigenvalue weighted by molar-refractivity contribution is 5.85. The Morgan fingerprint density at radius 2 is 1.89 bits per heavy atom. The monoisotopic (exact) mass is 409 g/mol. The molecule has 2 fully saturated rings. The maximum atomic E-state index is 12.6. The summed E-state index contributed by atoms with van der Waals surface area (Å²) in [4.78, 5) is 27.1. The number of nitrogens with zero attached hydrogens (tertiary/aromatic N) is 1. The van der Waals surface area contributed by atoms with E-state index in [0.29, 0.717) is 32.0 Å². The fourth-order valence-corrected chi connectivity index (χ4v) is 4.37. The molecule has 1 heterocycles. The molecule has 2 atom stereocenters. The van der Waals surface area contributed by atoms with E-state index in [9.17, 15) is 9.59 Å². The van der Waals surface area contributed by atoms with Crippen LogP contribution < -0.4 is 15.8 Å². The lowest BCUT2D eigenvalue weighted by Gasteiger charge is -2.33. The molecule has 1 saturated heterocycles. The molecule has 3 rings (SSSR count). The molecule has 2 amide bonds. The van der Waals surface area contributed by atoms with Crippen LogP contribution in [-0.2, 0) is 16.0 Å². The van der Waals surface area contributed by atoms with Gasteiger partial charge in [0.05, 0.1) is 13.5 Å². The lowest BCUT2D eigenvalue weighted by Crippen LogP contribution is -2.48. The van der Waals surface area contributed by atoms with Crippen LogP contribution in [0.25, 0.3) is 0 Å². The van der Waals surface area contributed by atoms with E-state index in [-0.39, 0.29) is 36.2 Å². The lowest BCUT2D eigenvalue weighted by molar-refractivity contribution is -0.132. The maximum absolute atomic E-state index is 12.6. The van der Waals surface area contributed by atoms with Crippen molar-refractivity contribution in [1.29, 1.82) is 0 Å². The molecule has 1 aromatic rings. The summed E-state index contributed by atoms with van der Waals surface area (Å²) >= 11 is 0. The molecule has 0 radical (unpaired) electrons. The number of ether oxygens (including phenoxy) is 1. The second-order valence-corrected chi connectivity index (χ2v) is 7.69. The van der Waals surface area contributed by atoms with E-state index < -0.39 is 0 Å². The Labute approximate surface area is 173 Å². The van der Waals surface area contributed by atoms with E-state index in [1.54, 1.807) is 7.11 Å². The van der Waals surface area contributed by atoms with Gasteiger partial charge >= 0.3 is 0 Å². The van der Waals surface area contributed by atoms with Crippen LogP contribution in [0.2, 0.25) is 0 Å². The van der Waals surface area contributed by atoms with Gasteiger partial charge in [0.25, 0.3) is 0 Å². The molecule has 156 valence electrons. The van der Waals surface area contributed by atoms with Crippen LogP contribution in [0.3, 0.4) is 0 Å². The van der Waals surface area contributed by atoms with Crippen LogP contribution in [0.15, 0.2) is 24.3 Å². The SMILES string of the molecule is COc1ccccc1CC(=O)N1CCC(NC(=O)[C@@H]2CCC[C@@H]2CN)CC1.Cl. The van der Waals surface area contributed by atoms with Crippen LogP contribution in [0.4, 0.5) is 0 Å². The molecule has 1 aromatic carbocycles. The Balaban J connectivity index is 0.00000280. The maximum Gasteiger partial charge on any atom is 0.227 e. The number of carbonyl (C=O) groups is 2. The first-order chi connectivity index (χ1) is 13.1. The largest absolute Gasteiger partial charge is 0.496 e. The number of halogens is 1. The van der Waals surface area contributed by atoms with Gasteiger partial charge in [-0.15, -0.1) is 12.4 Å². The summed E-state index contributed by atoms with van der Waals surface area (Å²) in [5, 5.41) is 3.20. The minimum absolute atomic E-state index is 0. The van der Waals surface area contributed by atoms with Gasteiger partial charge in [-0.2, -0.15) is 0 Å². The summed E-state index contributed by atoms with van der Waals surface area (Å²) in [6.45, 7) is 1.96. The summed E-state index contributed by atoms with van der Waals surface area (Å²) in [5.74, 6) is 1.41. The number of piperidine rings is 1. The first-order valence-corrected chi connectivity index (χ1v) is 10.0. The molecule has 28 heavy (non-hydrogen) atoms. The summed E-state index contributed by atoms with van der Waals surface area (Å²) in [6, 6.07) is 7.79. The Bertz CT molecular complexity index is 662. The number of nitrogens with one attached hydrogen (secondary N) is 1. The Morgan fingerprint density at radius 1 is 1.18 bits per heavy atom. The summed E-state index contributed by atoms with van der Waals surface area (Å²) in [6.07, 6.45) is 5.07. The molecular formula is C21H32ClN3O3. The van der Waals surface area contributed by atoms with Crippen molar-refractivity contribution in [3.05, 3.63) is 29.8 Å². The van der Waals surface area contributed by atoms with E-state index in [2.05, 4.69) is 5.32 Å². The van der Waals surface area contributed by atoms with E-state index in [1.165, 1.54) is 0 Å². The predicted octanol–water partition coefficient (Wildman–Crippen LogP) is 2.14. The lowest BCUT2D eigenvalue weighted by atomic mass is 9.94. The summed E-state index contributed by atoms with van der Waals surface area (Å²) in [7, 11) is 1.62. The molecule has 6 nitrogen and oxygen atoms in total. The number of nitrogens with two attached hydrogens (primary N) is 1. The number of likely N-dealkylation sites (tertiary alicyclic amines) is 1. The van der Waals surface area contributed by atoms with Crippen LogP contribution in [-0.4, -0.2) is 49.5 Å². The van der Waals surface area contributed by atoms with Gasteiger partial charge < -0.3 is 20.7 Å². The summed E-state index contributed by atoms with van der Waals surface area (Å²) < 4.78 is 5.33. The molecule has 7 heteroatoms. The number of benzene rings is 1. The predicted molar refractivity (Wildman–Crippen MR) is 112 cm³/mol. The third-order valence-corrected chi connectivity index (χ3v) is 6.03. The van der Waals surface area contributed by atoms with Gasteiger partial charge in [-0.1, -0.05) is 24.6 Å². The third kappa shape index (κ3) is 5.39. The molecule has 3 N–H and O–H groups in total. The molecule has 2 aliphatic rings. The second kappa shape index (κ2) is 10.7. The minimum Gasteiger partial charge on any atom is -0.496 e. The minimum atomic E-state index is 0. The normalized spacial score (nSPS) is 22.4. The average Bonchev–Trinajstić information content (AvgIpc) is 3.18. The van der Waals surface area contributed by atoms with Gasteiger partial charge in [-0.3, -0.25) is 9.59 Å². The van der Waals surface area contributed by atoms with Crippen LogP contribution in [0.5, 0.6) is 5.75 Å². The van der Waals surface area contributed by atoms with Crippen LogP contribution in [0, 0.1) is 11.8 Å². The molecule has 0 spiro atoms. The van der Waals surface area contributed by atoms with Gasteiger partial charge in [-0.25, -0.2) is 0 Å². The smallest absolute Gasteiger partial charge is 0.227 e. The molecule has 1 aliphatic heterocycles. The zero-order chi connectivity index (χ0) is 19.2. The number of methoxy groups -OCH3 is 1. The first-order valence-electron chi connectivity index (χ1n) is 10.0. The molecule has 0 bridgehead atoms. The molecular weight excluding hydrogens is 378 g/mol. The van der Waals surface area contributed by atoms with Crippen molar-refractivity contribution in [3.8, 4) is 5.75 Å². The van der Waals surface area contributed by atoms with Crippen LogP contribution in [0.1, 0.15) is 37.7 Å². The van der Waals surface area contributed by atoms with Crippen molar-refractivity contribution < 1.29 is 14.3 Å². The first kappa shape index (κ1) is 22.5. The molecule has 1 aliphatic carbocycles. The van der Waals surface area contributed by atoms with Gasteiger partial charge in [0.2, 0.25) is 11.8 Å². The Morgan fingerprint density at radius 3 is 2.57 bits per heavy atom. The number of para-hydroxylation sites is 1. The van der Waals surface area contributed by atoms with Crippen molar-refractivity contribution >= 4 is 24.2 Å². The number of carbonyl (C=O) groups excluding carboxylic acids is 2. The van der Waals surface area contributed by atoms with Gasteiger partial charge in [0.15, 0.2) is 0 Å². The summed E-state index contributed by atoms with van der Waals surface area (Å²) in [5.41, 5.74) is 6.71. The molecule has 0 aromatic heterocycles. The van der Waals surface area contributed by atoms with Crippen molar-refractivity contribution in [1.82, 2.24) is 10.2 Å². The number of hydrogen-bond acceptors (Lipinski definition) is 4. The fraction of sp³-hybridized carbons (Fsp3) is 0.619. The highest BCUT2D eigenvalue weighted by atomic mass is 35.5. The molecule has 1 saturated carbocycles. The van der Waals surface area contributed by atoms with Gasteiger partial charge in [0, 0.05) is 30.6 Å². The van der Waals surface area contributed by atoms with Crippen molar-refractivity contribution in [2.24, 2.45) is 17.6 Å². The average molecular weight is 410 g/mol. The van der Waals surface area contributed by atoms with Crippen LogP contribution >= 0.6 is 12.4 Å². The Hall–Kier alpha value is -1.79. The zero-order valence-electron chi connectivity index (χ0n) is 16.6. The van der Waals surface area contributed by atoms with Gasteiger partial charge in [0.1, 0.15) is 5.75 Å². The number of rotatable bonds is 6. The quantitative estimate of drug-likeness (QED) is 0.753. The van der Waals surface area contributed by atoms with Crippen molar-refractivity contribution in [2.45, 2.75) is 44.6 Å². The van der Waals surface area contributed by atoms with E-state index >= 15 is 0 Å². The number of hydrogen-bond donors (Lipinski definition) is 2.